The molecule has 61 heavy (non-hydrogen) atoms. The van der Waals surface area contributed by atoms with Crippen molar-refractivity contribution >= 4 is 13.7 Å². The maximum absolute atomic E-state index is 12.9. The molecule has 0 saturated carbocycles. The van der Waals surface area contributed by atoms with E-state index in [-0.39, 0.29) is 12.5 Å². The fourth-order valence-corrected chi connectivity index (χ4v) is 7.92. The second-order valence-corrected chi connectivity index (χ2v) is 19.9. The third-order valence-corrected chi connectivity index (χ3v) is 12.2. The number of aliphatic hydroxyl groups is 1. The second kappa shape index (κ2) is 43.7. The summed E-state index contributed by atoms with van der Waals surface area (Å²) in [4.78, 5) is 25.3. The first kappa shape index (κ1) is 59.5. The van der Waals surface area contributed by atoms with Gasteiger partial charge in [-0.3, -0.25) is 9.36 Å². The molecule has 0 fully saturated rings. The number of unbranched alkanes of at least 4 members (excludes halogenated alkanes) is 27. The van der Waals surface area contributed by atoms with Crippen LogP contribution in [0, 0.1) is 0 Å². The van der Waals surface area contributed by atoms with Crippen molar-refractivity contribution < 1.29 is 32.9 Å². The lowest BCUT2D eigenvalue weighted by molar-refractivity contribution is -0.870. The highest BCUT2D eigenvalue weighted by Crippen LogP contribution is 2.38. The van der Waals surface area contributed by atoms with Gasteiger partial charge in [-0.15, -0.1) is 0 Å². The monoisotopic (exact) mass is 879 g/mol. The van der Waals surface area contributed by atoms with E-state index in [4.69, 9.17) is 9.05 Å². The van der Waals surface area contributed by atoms with Crippen LogP contribution in [0.2, 0.25) is 0 Å². The van der Waals surface area contributed by atoms with Crippen LogP contribution in [-0.2, 0) is 18.4 Å². The average molecular weight is 879 g/mol. The number of carbonyl (C=O) groups excluding carboxylic acids is 1. The number of likely N-dealkylation sites (N-methyl/N-ethyl adjacent to an activating group) is 1. The van der Waals surface area contributed by atoms with Crippen LogP contribution in [0.5, 0.6) is 0 Å². The Hall–Kier alpha value is -1.54. The van der Waals surface area contributed by atoms with E-state index in [9.17, 15) is 19.4 Å². The zero-order chi connectivity index (χ0) is 45.0. The largest absolute Gasteiger partial charge is 0.756 e. The average Bonchev–Trinajstić information content (AvgIpc) is 3.21. The molecule has 0 bridgehead atoms. The van der Waals surface area contributed by atoms with Gasteiger partial charge in [0.2, 0.25) is 5.91 Å². The normalized spacial score (nSPS) is 14.5. The van der Waals surface area contributed by atoms with E-state index >= 15 is 0 Å². The predicted octanol–water partition coefficient (Wildman–Crippen LogP) is 14.2. The number of hydrogen-bond donors (Lipinski definition) is 2. The third-order valence-electron chi connectivity index (χ3n) is 11.3. The molecule has 0 aromatic carbocycles. The van der Waals surface area contributed by atoms with E-state index in [1.165, 1.54) is 161 Å². The fraction of sp³-hybridized carbons (Fsp3) is 0.827. The quantitative estimate of drug-likeness (QED) is 0.0273. The Balaban J connectivity index is 4.17. The summed E-state index contributed by atoms with van der Waals surface area (Å²) in [5.41, 5.74) is 0. The van der Waals surface area contributed by atoms with Gasteiger partial charge in [-0.25, -0.2) is 0 Å². The summed E-state index contributed by atoms with van der Waals surface area (Å²) in [6.07, 6.45) is 56.1. The number of quaternary nitrogens is 1. The van der Waals surface area contributed by atoms with Gasteiger partial charge in [0.05, 0.1) is 39.9 Å². The van der Waals surface area contributed by atoms with Crippen LogP contribution in [0.4, 0.5) is 0 Å². The van der Waals surface area contributed by atoms with Crippen LogP contribution in [0.3, 0.4) is 0 Å². The summed E-state index contributed by atoms with van der Waals surface area (Å²) in [5.74, 6) is -0.208. The third kappa shape index (κ3) is 46.3. The maximum atomic E-state index is 12.9. The van der Waals surface area contributed by atoms with Gasteiger partial charge < -0.3 is 28.8 Å². The summed E-state index contributed by atoms with van der Waals surface area (Å²) in [6.45, 7) is 4.60. The number of nitrogens with one attached hydrogen (secondary N) is 1. The van der Waals surface area contributed by atoms with Crippen molar-refractivity contribution in [2.45, 2.75) is 238 Å². The van der Waals surface area contributed by atoms with E-state index in [1.54, 1.807) is 6.08 Å². The fourth-order valence-electron chi connectivity index (χ4n) is 7.20. The molecule has 0 saturated heterocycles. The molecule has 0 heterocycles. The molecular formula is C52H99N2O6P. The van der Waals surface area contributed by atoms with Gasteiger partial charge in [0, 0.05) is 6.42 Å². The van der Waals surface area contributed by atoms with E-state index in [0.717, 1.165) is 44.9 Å². The Morgan fingerprint density at radius 3 is 1.43 bits per heavy atom. The lowest BCUT2D eigenvalue weighted by atomic mass is 10.0. The minimum atomic E-state index is -4.60. The molecule has 2 N–H and O–H groups in total. The molecule has 8 nitrogen and oxygen atoms in total. The number of phosphoric ester groups is 1. The van der Waals surface area contributed by atoms with Gasteiger partial charge in [-0.2, -0.15) is 0 Å². The molecule has 0 spiro atoms. The first-order valence-corrected chi connectivity index (χ1v) is 27.0. The number of hydrogen-bond acceptors (Lipinski definition) is 6. The zero-order valence-corrected chi connectivity index (χ0v) is 41.5. The molecule has 0 aliphatic heterocycles. The smallest absolute Gasteiger partial charge is 0.268 e. The van der Waals surface area contributed by atoms with Crippen molar-refractivity contribution in [1.29, 1.82) is 0 Å². The van der Waals surface area contributed by atoms with Gasteiger partial charge >= 0.3 is 0 Å². The molecule has 0 rings (SSSR count). The Labute approximate surface area is 378 Å². The zero-order valence-electron chi connectivity index (χ0n) is 40.6. The minimum Gasteiger partial charge on any atom is -0.756 e. The number of allylic oxidation sites excluding steroid dienone is 7. The number of nitrogens with zero attached hydrogens (tertiary/aromatic N) is 1. The summed E-state index contributed by atoms with van der Waals surface area (Å²) in [5, 5.41) is 13.8. The molecule has 0 aliphatic rings. The number of aliphatic hydroxyl groups excluding tert-OH is 1. The lowest BCUT2D eigenvalue weighted by Crippen LogP contribution is -2.45. The lowest BCUT2D eigenvalue weighted by Gasteiger charge is -2.29. The van der Waals surface area contributed by atoms with Crippen LogP contribution in [-0.4, -0.2) is 68.5 Å². The van der Waals surface area contributed by atoms with Crippen molar-refractivity contribution in [2.24, 2.45) is 0 Å². The second-order valence-electron chi connectivity index (χ2n) is 18.5. The van der Waals surface area contributed by atoms with Crippen molar-refractivity contribution in [3.63, 3.8) is 0 Å². The molecule has 358 valence electrons. The molecule has 0 aromatic heterocycles. The molecular weight excluding hydrogens is 780 g/mol. The molecule has 3 atom stereocenters. The van der Waals surface area contributed by atoms with Gasteiger partial charge in [-0.1, -0.05) is 204 Å². The van der Waals surface area contributed by atoms with Crippen molar-refractivity contribution in [1.82, 2.24) is 5.32 Å². The molecule has 0 aromatic rings. The number of phosphoric acid groups is 1. The van der Waals surface area contributed by atoms with Crippen molar-refractivity contribution in [3.05, 3.63) is 48.6 Å². The number of carbonyl (C=O) groups is 1. The van der Waals surface area contributed by atoms with E-state index in [0.29, 0.717) is 17.4 Å². The number of rotatable bonds is 46. The minimum absolute atomic E-state index is 0.00678. The molecule has 0 radical (unpaired) electrons. The molecule has 0 aliphatic carbocycles. The van der Waals surface area contributed by atoms with Crippen LogP contribution < -0.4 is 10.2 Å². The SMILES string of the molecule is CCCCCCC/C=C\C/C=C\CCCCCCCCCCCCCCCCCC(=O)NC(COP(=O)([O-])OCC[N+](C)(C)C)C(O)/C=C/CC/C=C/CCCCCCCC. The Morgan fingerprint density at radius 2 is 0.967 bits per heavy atom. The van der Waals surface area contributed by atoms with E-state index in [2.05, 4.69) is 55.6 Å². The Kier molecular flexibility index (Phi) is 42.6. The van der Waals surface area contributed by atoms with Crippen LogP contribution in [0.25, 0.3) is 0 Å². The maximum Gasteiger partial charge on any atom is 0.268 e. The van der Waals surface area contributed by atoms with Crippen LogP contribution in [0.1, 0.15) is 226 Å². The standard InChI is InChI=1S/C52H99N2O6P/c1-6-8-10-12-14-16-18-20-21-22-23-24-25-26-27-28-29-30-31-32-33-34-36-38-40-42-44-46-52(56)53-50(49-60-61(57,58)59-48-47-54(3,4)5)51(55)45-43-41-39-37-35-19-17-15-13-11-9-7-2/h18,20,22-23,35,37,43,45,50-51,55H,6-17,19,21,24-34,36,38-42,44,46-49H2,1-5H3,(H-,53,56,57,58)/b20-18-,23-22-,37-35+,45-43+. The summed E-state index contributed by atoms with van der Waals surface area (Å²) in [6, 6.07) is -0.902. The summed E-state index contributed by atoms with van der Waals surface area (Å²) < 4.78 is 23.2. The number of amides is 1. The van der Waals surface area contributed by atoms with Gasteiger partial charge in [0.25, 0.3) is 7.82 Å². The highest BCUT2D eigenvalue weighted by Gasteiger charge is 2.23. The molecule has 9 heteroatoms. The van der Waals surface area contributed by atoms with E-state index in [1.807, 2.05) is 27.2 Å². The van der Waals surface area contributed by atoms with Crippen molar-refractivity contribution in [3.8, 4) is 0 Å². The van der Waals surface area contributed by atoms with Crippen molar-refractivity contribution in [2.75, 3.05) is 40.9 Å². The van der Waals surface area contributed by atoms with Crippen LogP contribution in [0.15, 0.2) is 48.6 Å². The van der Waals surface area contributed by atoms with Gasteiger partial charge in [-0.05, 0) is 64.2 Å². The predicted molar refractivity (Wildman–Crippen MR) is 261 cm³/mol. The van der Waals surface area contributed by atoms with Gasteiger partial charge in [0.1, 0.15) is 13.2 Å². The van der Waals surface area contributed by atoms with Gasteiger partial charge in [0.15, 0.2) is 0 Å². The summed E-state index contributed by atoms with van der Waals surface area (Å²) >= 11 is 0. The topological polar surface area (TPSA) is 108 Å². The highest BCUT2D eigenvalue weighted by atomic mass is 31.2. The van der Waals surface area contributed by atoms with Crippen LogP contribution >= 0.6 is 7.82 Å². The Bertz CT molecular complexity index is 1130. The Morgan fingerprint density at radius 1 is 0.574 bits per heavy atom. The van der Waals surface area contributed by atoms with E-state index < -0.39 is 26.6 Å². The summed E-state index contributed by atoms with van der Waals surface area (Å²) in [7, 11) is 1.24. The highest BCUT2D eigenvalue weighted by molar-refractivity contribution is 7.45. The first-order valence-electron chi connectivity index (χ1n) is 25.5. The molecule has 3 unspecified atom stereocenters. The molecule has 1 amide bonds. The first-order chi connectivity index (χ1) is 29.5.